The molecular weight excluding hydrogens is 743 g/mol. The molecule has 0 unspecified atom stereocenters. The molecule has 0 saturated carbocycles. The van der Waals surface area contributed by atoms with Crippen LogP contribution in [0.3, 0.4) is 0 Å². The van der Waals surface area contributed by atoms with Crippen molar-refractivity contribution in [1.29, 1.82) is 0 Å². The van der Waals surface area contributed by atoms with Crippen molar-refractivity contribution in [3.8, 4) is 33.4 Å². The van der Waals surface area contributed by atoms with Crippen molar-refractivity contribution in [1.82, 2.24) is 0 Å². The number of benzene rings is 11. The van der Waals surface area contributed by atoms with Crippen molar-refractivity contribution in [3.05, 3.63) is 224 Å². The maximum absolute atomic E-state index is 2.45. The Morgan fingerprint density at radius 1 is 0.300 bits per heavy atom. The first-order valence-electron chi connectivity index (χ1n) is 20.6. The quantitative estimate of drug-likeness (QED) is 0.162. The molecule has 11 aromatic carbocycles. The van der Waals surface area contributed by atoms with E-state index in [1.165, 1.54) is 102 Å². The Kier molecular flexibility index (Phi) is 8.11. The van der Waals surface area contributed by atoms with Crippen LogP contribution in [0.4, 0.5) is 17.1 Å². The van der Waals surface area contributed by atoms with Crippen LogP contribution in [0, 0.1) is 0 Å². The average molecular weight is 780 g/mol. The third kappa shape index (κ3) is 5.84. The highest BCUT2D eigenvalue weighted by Crippen LogP contribution is 2.48. The largest absolute Gasteiger partial charge is 0.309 e. The van der Waals surface area contributed by atoms with E-state index in [9.17, 15) is 0 Å². The molecule has 1 aromatic heterocycles. The Morgan fingerprint density at radius 2 is 0.783 bits per heavy atom. The molecule has 0 bridgehead atoms. The van der Waals surface area contributed by atoms with E-state index >= 15 is 0 Å². The number of rotatable bonds is 6. The van der Waals surface area contributed by atoms with Crippen molar-refractivity contribution < 1.29 is 0 Å². The number of fused-ring (bicyclic) bond motifs is 8. The second-order valence-corrected chi connectivity index (χ2v) is 16.8. The van der Waals surface area contributed by atoms with Gasteiger partial charge in [0.1, 0.15) is 0 Å². The minimum absolute atomic E-state index is 1.12. The molecule has 2 heteroatoms. The second kappa shape index (κ2) is 14.1. The summed E-state index contributed by atoms with van der Waals surface area (Å²) in [6, 6.07) is 82.5. The van der Waals surface area contributed by atoms with E-state index in [1.807, 2.05) is 11.3 Å². The summed E-state index contributed by atoms with van der Waals surface area (Å²) in [4.78, 5) is 2.45. The zero-order chi connectivity index (χ0) is 39.6. The zero-order valence-corrected chi connectivity index (χ0v) is 33.5. The van der Waals surface area contributed by atoms with E-state index < -0.39 is 0 Å². The fourth-order valence-corrected chi connectivity index (χ4v) is 10.4. The van der Waals surface area contributed by atoms with Crippen molar-refractivity contribution in [2.24, 2.45) is 0 Å². The van der Waals surface area contributed by atoms with Gasteiger partial charge in [0, 0.05) is 26.8 Å². The third-order valence-corrected chi connectivity index (χ3v) is 13.4. The molecule has 0 aliphatic carbocycles. The van der Waals surface area contributed by atoms with Gasteiger partial charge < -0.3 is 4.90 Å². The molecule has 12 aromatic rings. The summed E-state index contributed by atoms with van der Waals surface area (Å²) in [5.74, 6) is 0. The van der Waals surface area contributed by atoms with Gasteiger partial charge in [0.2, 0.25) is 0 Å². The maximum Gasteiger partial charge on any atom is 0.0646 e. The topological polar surface area (TPSA) is 3.24 Å². The minimum atomic E-state index is 1.12. The van der Waals surface area contributed by atoms with E-state index in [0.29, 0.717) is 0 Å². The molecule has 1 heterocycles. The van der Waals surface area contributed by atoms with Crippen molar-refractivity contribution in [2.45, 2.75) is 0 Å². The van der Waals surface area contributed by atoms with Crippen molar-refractivity contribution in [2.75, 3.05) is 4.90 Å². The van der Waals surface area contributed by atoms with Crippen molar-refractivity contribution >= 4 is 91.7 Å². The number of thiophene rings is 1. The summed E-state index contributed by atoms with van der Waals surface area (Å²) in [5.41, 5.74) is 10.7. The van der Waals surface area contributed by atoms with Gasteiger partial charge in [-0.1, -0.05) is 170 Å². The second-order valence-electron chi connectivity index (χ2n) is 15.7. The van der Waals surface area contributed by atoms with Crippen LogP contribution >= 0.6 is 11.3 Å². The molecule has 0 amide bonds. The predicted molar refractivity (Wildman–Crippen MR) is 260 cm³/mol. The fraction of sp³-hybridized carbons (Fsp3) is 0. The van der Waals surface area contributed by atoms with Gasteiger partial charge in [-0.25, -0.2) is 0 Å². The Labute approximate surface area is 352 Å². The van der Waals surface area contributed by atoms with E-state index in [-0.39, 0.29) is 0 Å². The Bertz CT molecular complexity index is 3590. The molecule has 0 N–H and O–H groups in total. The normalized spacial score (nSPS) is 11.7. The molecule has 0 aliphatic heterocycles. The molecule has 280 valence electrons. The highest BCUT2D eigenvalue weighted by molar-refractivity contribution is 7.26. The van der Waals surface area contributed by atoms with E-state index in [0.717, 1.165) is 11.4 Å². The summed E-state index contributed by atoms with van der Waals surface area (Å²) >= 11 is 1.88. The van der Waals surface area contributed by atoms with Crippen LogP contribution in [0.5, 0.6) is 0 Å². The van der Waals surface area contributed by atoms with Gasteiger partial charge >= 0.3 is 0 Å². The Balaban J connectivity index is 0.964. The van der Waals surface area contributed by atoms with Gasteiger partial charge in [-0.05, 0) is 131 Å². The van der Waals surface area contributed by atoms with E-state index in [1.54, 1.807) is 0 Å². The summed E-state index contributed by atoms with van der Waals surface area (Å²) in [6.07, 6.45) is 0. The van der Waals surface area contributed by atoms with Gasteiger partial charge in [-0.2, -0.15) is 0 Å². The van der Waals surface area contributed by atoms with Gasteiger partial charge in [0.25, 0.3) is 0 Å². The lowest BCUT2D eigenvalue weighted by Gasteiger charge is -2.27. The van der Waals surface area contributed by atoms with Gasteiger partial charge in [0.15, 0.2) is 0 Å². The standard InChI is InChI=1S/C58H37NS/c1-2-12-42-34-44(21-20-38(42)10-1)47-25-24-45-35-43(22-23-46(45)36-47)39-26-30-49(31-27-39)59(50-32-28-41(29-33-50)52-18-9-14-40-11-3-5-15-51(40)52)55-37-48-13-4-6-16-53(48)57-54-17-7-8-19-56(54)60-58(55)57/h1-37H. The molecule has 0 aliphatic rings. The highest BCUT2D eigenvalue weighted by Gasteiger charge is 2.21. The molecule has 0 radical (unpaired) electrons. The lowest BCUT2D eigenvalue weighted by molar-refractivity contribution is 1.30. The van der Waals surface area contributed by atoms with E-state index in [4.69, 9.17) is 0 Å². The Morgan fingerprint density at radius 3 is 1.48 bits per heavy atom. The van der Waals surface area contributed by atoms with Crippen LogP contribution < -0.4 is 4.90 Å². The Hall–Kier alpha value is -7.52. The maximum atomic E-state index is 2.45. The van der Waals surface area contributed by atoms with Crippen LogP contribution in [0.1, 0.15) is 0 Å². The first kappa shape index (κ1) is 34.5. The monoisotopic (exact) mass is 779 g/mol. The van der Waals surface area contributed by atoms with Gasteiger partial charge in [-0.15, -0.1) is 11.3 Å². The summed E-state index contributed by atoms with van der Waals surface area (Å²) in [5, 5.41) is 12.7. The number of anilines is 3. The molecular formula is C58H37NS. The smallest absolute Gasteiger partial charge is 0.0646 e. The highest BCUT2D eigenvalue weighted by atomic mass is 32.1. The number of nitrogens with zero attached hydrogens (tertiary/aromatic N) is 1. The number of hydrogen-bond donors (Lipinski definition) is 0. The average Bonchev–Trinajstić information content (AvgIpc) is 3.72. The van der Waals surface area contributed by atoms with Crippen LogP contribution in [0.2, 0.25) is 0 Å². The molecule has 60 heavy (non-hydrogen) atoms. The van der Waals surface area contributed by atoms with Gasteiger partial charge in [-0.3, -0.25) is 0 Å². The summed E-state index contributed by atoms with van der Waals surface area (Å²) in [7, 11) is 0. The molecule has 12 rings (SSSR count). The van der Waals surface area contributed by atoms with Crippen LogP contribution in [-0.4, -0.2) is 0 Å². The molecule has 0 fully saturated rings. The molecule has 0 atom stereocenters. The lowest BCUT2D eigenvalue weighted by atomic mass is 9.96. The van der Waals surface area contributed by atoms with Crippen molar-refractivity contribution in [3.63, 3.8) is 0 Å². The molecule has 1 nitrogen and oxygen atoms in total. The first-order chi connectivity index (χ1) is 29.7. The fourth-order valence-electron chi connectivity index (χ4n) is 9.19. The minimum Gasteiger partial charge on any atom is -0.309 e. The zero-order valence-electron chi connectivity index (χ0n) is 32.7. The predicted octanol–water partition coefficient (Wildman–Crippen LogP) is 17.1. The van der Waals surface area contributed by atoms with E-state index in [2.05, 4.69) is 229 Å². The third-order valence-electron chi connectivity index (χ3n) is 12.2. The number of hydrogen-bond acceptors (Lipinski definition) is 2. The summed E-state index contributed by atoms with van der Waals surface area (Å²) < 4.78 is 2.59. The summed E-state index contributed by atoms with van der Waals surface area (Å²) in [6.45, 7) is 0. The lowest BCUT2D eigenvalue weighted by Crippen LogP contribution is -2.10. The van der Waals surface area contributed by atoms with Crippen LogP contribution in [0.25, 0.3) is 96.6 Å². The van der Waals surface area contributed by atoms with Gasteiger partial charge in [0.05, 0.1) is 10.4 Å². The van der Waals surface area contributed by atoms with Crippen LogP contribution in [-0.2, 0) is 0 Å². The first-order valence-corrected chi connectivity index (χ1v) is 21.4. The SMILES string of the molecule is c1ccc2cc(-c3ccc4cc(-c5ccc(N(c6ccc(-c7cccc8ccccc78)cc6)c6cc7ccccc7c7c6sc6ccccc67)cc5)ccc4c3)ccc2c1. The molecule has 0 spiro atoms. The molecule has 0 saturated heterocycles. The van der Waals surface area contributed by atoms with Crippen LogP contribution in [0.15, 0.2) is 224 Å².